The minimum atomic E-state index is -0.299. The van der Waals surface area contributed by atoms with Crippen molar-refractivity contribution in [2.75, 3.05) is 0 Å². The molecule has 2 nitrogen and oxygen atoms in total. The fraction of sp³-hybridized carbons (Fsp3) is 1.00. The number of unbranched alkanes of at least 4 members (excludes halogenated alkanes) is 3. The molecule has 0 spiro atoms. The highest BCUT2D eigenvalue weighted by atomic mass is 16.3. The Morgan fingerprint density at radius 2 is 1.64 bits per heavy atom. The lowest BCUT2D eigenvalue weighted by molar-refractivity contribution is 0.111. The highest BCUT2D eigenvalue weighted by molar-refractivity contribution is 4.63. The van der Waals surface area contributed by atoms with E-state index in [1.165, 1.54) is 25.7 Å². The van der Waals surface area contributed by atoms with Crippen LogP contribution < -0.4 is 5.32 Å². The van der Waals surface area contributed by atoms with Crippen LogP contribution in [0.2, 0.25) is 0 Å². The molecule has 0 saturated heterocycles. The summed E-state index contributed by atoms with van der Waals surface area (Å²) in [5.74, 6) is 0. The third-order valence-electron chi connectivity index (χ3n) is 2.55. The van der Waals surface area contributed by atoms with Crippen molar-refractivity contribution >= 4 is 0 Å². The first-order valence-corrected chi connectivity index (χ1v) is 6.14. The smallest absolute Gasteiger partial charge is 0.105 e. The highest BCUT2D eigenvalue weighted by Gasteiger charge is 2.07. The van der Waals surface area contributed by atoms with Gasteiger partial charge in [-0.05, 0) is 26.2 Å². The molecule has 2 N–H and O–H groups in total. The zero-order valence-corrected chi connectivity index (χ0v) is 10.1. The average Bonchev–Trinajstić information content (AvgIpc) is 2.15. The van der Waals surface area contributed by atoms with Crippen molar-refractivity contribution in [3.63, 3.8) is 0 Å². The average molecular weight is 201 g/mol. The molecule has 0 rings (SSSR count). The van der Waals surface area contributed by atoms with Crippen LogP contribution in [0.25, 0.3) is 0 Å². The number of hydrogen-bond donors (Lipinski definition) is 2. The molecule has 0 amide bonds. The first-order chi connectivity index (χ1) is 6.70. The third-order valence-corrected chi connectivity index (χ3v) is 2.55. The second kappa shape index (κ2) is 9.47. The molecule has 0 aliphatic heterocycles. The molecule has 0 radical (unpaired) electrons. The van der Waals surface area contributed by atoms with Gasteiger partial charge in [0.15, 0.2) is 0 Å². The molecule has 2 heteroatoms. The van der Waals surface area contributed by atoms with Crippen molar-refractivity contribution in [2.24, 2.45) is 0 Å². The minimum absolute atomic E-state index is 0.299. The predicted octanol–water partition coefficient (Wildman–Crippen LogP) is 3.05. The Morgan fingerprint density at radius 3 is 2.21 bits per heavy atom. The normalized spacial score (nSPS) is 15.4. The van der Waals surface area contributed by atoms with E-state index in [1.807, 2.05) is 0 Å². The van der Waals surface area contributed by atoms with Gasteiger partial charge in [-0.1, -0.05) is 39.5 Å². The molecule has 0 aliphatic rings. The van der Waals surface area contributed by atoms with Crippen molar-refractivity contribution in [3.05, 3.63) is 0 Å². The van der Waals surface area contributed by atoms with Gasteiger partial charge in [-0.15, -0.1) is 0 Å². The summed E-state index contributed by atoms with van der Waals surface area (Å²) in [5.41, 5.74) is 0. The van der Waals surface area contributed by atoms with E-state index in [4.69, 9.17) is 0 Å². The van der Waals surface area contributed by atoms with Crippen LogP contribution in [0, 0.1) is 0 Å². The highest BCUT2D eigenvalue weighted by Crippen LogP contribution is 2.05. The monoisotopic (exact) mass is 201 g/mol. The molecule has 0 bridgehead atoms. The van der Waals surface area contributed by atoms with Crippen LogP contribution in [0.4, 0.5) is 0 Å². The Bertz CT molecular complexity index is 117. The molecule has 86 valence electrons. The van der Waals surface area contributed by atoms with Crippen LogP contribution in [-0.2, 0) is 0 Å². The molecule has 0 aliphatic carbocycles. The largest absolute Gasteiger partial charge is 0.379 e. The molecule has 2 atom stereocenters. The Labute approximate surface area is 89.1 Å². The maximum absolute atomic E-state index is 9.60. The zero-order valence-electron chi connectivity index (χ0n) is 10.1. The van der Waals surface area contributed by atoms with Crippen LogP contribution in [0.5, 0.6) is 0 Å². The van der Waals surface area contributed by atoms with Crippen LogP contribution in [0.3, 0.4) is 0 Å². The quantitative estimate of drug-likeness (QED) is 0.444. The van der Waals surface area contributed by atoms with Crippen molar-refractivity contribution in [1.29, 1.82) is 0 Å². The summed E-state index contributed by atoms with van der Waals surface area (Å²) in [4.78, 5) is 0. The summed E-state index contributed by atoms with van der Waals surface area (Å²) in [6.45, 7) is 6.52. The molecule has 0 heterocycles. The van der Waals surface area contributed by atoms with Gasteiger partial charge in [-0.25, -0.2) is 0 Å². The van der Waals surface area contributed by atoms with E-state index in [0.717, 1.165) is 19.3 Å². The maximum Gasteiger partial charge on any atom is 0.105 e. The van der Waals surface area contributed by atoms with Crippen molar-refractivity contribution in [3.8, 4) is 0 Å². The van der Waals surface area contributed by atoms with Crippen molar-refractivity contribution in [2.45, 2.75) is 78.0 Å². The summed E-state index contributed by atoms with van der Waals surface area (Å²) in [6.07, 6.45) is 7.87. The van der Waals surface area contributed by atoms with Gasteiger partial charge in [-0.2, -0.15) is 0 Å². The topological polar surface area (TPSA) is 32.3 Å². The van der Waals surface area contributed by atoms with Crippen LogP contribution >= 0.6 is 0 Å². The number of aliphatic hydroxyl groups excluding tert-OH is 1. The maximum atomic E-state index is 9.60. The SMILES string of the molecule is CCCCCC(C)NC(O)CCCC. The fourth-order valence-electron chi connectivity index (χ4n) is 1.59. The van der Waals surface area contributed by atoms with Gasteiger partial charge in [0.1, 0.15) is 6.23 Å². The Balaban J connectivity index is 3.35. The van der Waals surface area contributed by atoms with Gasteiger partial charge in [0.25, 0.3) is 0 Å². The summed E-state index contributed by atoms with van der Waals surface area (Å²) in [7, 11) is 0. The van der Waals surface area contributed by atoms with Crippen LogP contribution in [-0.4, -0.2) is 17.4 Å². The fourth-order valence-corrected chi connectivity index (χ4v) is 1.59. The first-order valence-electron chi connectivity index (χ1n) is 6.14. The lowest BCUT2D eigenvalue weighted by atomic mass is 10.1. The van der Waals surface area contributed by atoms with Crippen molar-refractivity contribution in [1.82, 2.24) is 5.32 Å². The summed E-state index contributed by atoms with van der Waals surface area (Å²) in [6, 6.07) is 0.452. The lowest BCUT2D eigenvalue weighted by Crippen LogP contribution is -2.36. The molecule has 0 aromatic carbocycles. The summed E-state index contributed by atoms with van der Waals surface area (Å²) >= 11 is 0. The van der Waals surface area contributed by atoms with Gasteiger partial charge in [-0.3, -0.25) is 5.32 Å². The van der Waals surface area contributed by atoms with E-state index in [1.54, 1.807) is 0 Å². The summed E-state index contributed by atoms with van der Waals surface area (Å²) < 4.78 is 0. The van der Waals surface area contributed by atoms with E-state index in [-0.39, 0.29) is 6.23 Å². The van der Waals surface area contributed by atoms with Gasteiger partial charge in [0.2, 0.25) is 0 Å². The lowest BCUT2D eigenvalue weighted by Gasteiger charge is -2.18. The van der Waals surface area contributed by atoms with E-state index >= 15 is 0 Å². The Kier molecular flexibility index (Phi) is 9.42. The van der Waals surface area contributed by atoms with Gasteiger partial charge < -0.3 is 5.11 Å². The second-order valence-corrected chi connectivity index (χ2v) is 4.22. The van der Waals surface area contributed by atoms with E-state index < -0.39 is 0 Å². The van der Waals surface area contributed by atoms with Gasteiger partial charge in [0, 0.05) is 6.04 Å². The van der Waals surface area contributed by atoms with E-state index in [0.29, 0.717) is 6.04 Å². The Morgan fingerprint density at radius 1 is 1.00 bits per heavy atom. The molecule has 14 heavy (non-hydrogen) atoms. The minimum Gasteiger partial charge on any atom is -0.379 e. The number of hydrogen-bond acceptors (Lipinski definition) is 2. The Hall–Kier alpha value is -0.0800. The number of aliphatic hydroxyl groups is 1. The molecular formula is C12H27NO. The molecule has 0 saturated carbocycles. The predicted molar refractivity (Wildman–Crippen MR) is 62.3 cm³/mol. The molecule has 0 aromatic heterocycles. The second-order valence-electron chi connectivity index (χ2n) is 4.22. The van der Waals surface area contributed by atoms with Gasteiger partial charge in [0.05, 0.1) is 0 Å². The van der Waals surface area contributed by atoms with Crippen LogP contribution in [0.15, 0.2) is 0 Å². The van der Waals surface area contributed by atoms with Crippen LogP contribution in [0.1, 0.15) is 65.7 Å². The summed E-state index contributed by atoms with van der Waals surface area (Å²) in [5, 5.41) is 12.8. The standard InChI is InChI=1S/C12H27NO/c1-4-6-8-9-11(3)13-12(14)10-7-5-2/h11-14H,4-10H2,1-3H3. The molecular weight excluding hydrogens is 174 g/mol. The van der Waals surface area contributed by atoms with Gasteiger partial charge >= 0.3 is 0 Å². The first kappa shape index (κ1) is 13.9. The van der Waals surface area contributed by atoms with E-state index in [2.05, 4.69) is 26.1 Å². The molecule has 2 unspecified atom stereocenters. The third kappa shape index (κ3) is 8.52. The zero-order chi connectivity index (χ0) is 10.8. The van der Waals surface area contributed by atoms with E-state index in [9.17, 15) is 5.11 Å². The number of nitrogens with one attached hydrogen (secondary N) is 1. The van der Waals surface area contributed by atoms with Crippen molar-refractivity contribution < 1.29 is 5.11 Å². The number of rotatable bonds is 9. The molecule has 0 fully saturated rings. The molecule has 0 aromatic rings.